The number of aromatic nitrogens is 2. The molecule has 0 spiro atoms. The average Bonchev–Trinajstić information content (AvgIpc) is 3.27. The first-order valence-electron chi connectivity index (χ1n) is 7.76. The number of nitriles is 1. The van der Waals surface area contributed by atoms with Gasteiger partial charge in [-0.1, -0.05) is 18.2 Å². The van der Waals surface area contributed by atoms with Gasteiger partial charge < -0.3 is 9.40 Å². The Labute approximate surface area is 147 Å². The number of hydrogen-bond acceptors (Lipinski definition) is 5. The second-order valence-electron chi connectivity index (χ2n) is 5.48. The summed E-state index contributed by atoms with van der Waals surface area (Å²) >= 11 is 0. The molecule has 0 bridgehead atoms. The van der Waals surface area contributed by atoms with Gasteiger partial charge in [0.15, 0.2) is 0 Å². The Kier molecular flexibility index (Phi) is 3.92. The molecule has 0 unspecified atom stereocenters. The predicted molar refractivity (Wildman–Crippen MR) is 96.1 cm³/mol. The zero-order valence-electron chi connectivity index (χ0n) is 13.4. The normalized spacial score (nSPS) is 11.1. The van der Waals surface area contributed by atoms with Crippen molar-refractivity contribution in [2.75, 3.05) is 5.43 Å². The van der Waals surface area contributed by atoms with Crippen molar-refractivity contribution in [3.63, 3.8) is 0 Å². The van der Waals surface area contributed by atoms with Crippen LogP contribution in [-0.4, -0.2) is 16.2 Å². The lowest BCUT2D eigenvalue weighted by Gasteiger charge is -1.96. The quantitative estimate of drug-likeness (QED) is 0.427. The number of anilines is 1. The number of hydrogen-bond donors (Lipinski definition) is 2. The monoisotopic (exact) mass is 345 g/mol. The van der Waals surface area contributed by atoms with E-state index >= 15 is 0 Å². The number of nitrogens with one attached hydrogen (secondary N) is 2. The maximum Gasteiger partial charge on any atom is 0.252 e. The molecule has 4 rings (SSSR count). The van der Waals surface area contributed by atoms with Crippen LogP contribution in [0.15, 0.2) is 64.2 Å². The minimum atomic E-state index is -0.359. The SMILES string of the molecule is N#Cc1nc(-c2ccc(F)cc2)oc1NN=Cc1c[nH]c2ccccc12. The minimum Gasteiger partial charge on any atom is -0.417 e. The average molecular weight is 345 g/mol. The Morgan fingerprint density at radius 2 is 2.00 bits per heavy atom. The molecule has 2 aromatic heterocycles. The third kappa shape index (κ3) is 2.91. The molecule has 2 aromatic carbocycles. The van der Waals surface area contributed by atoms with Gasteiger partial charge in [0.25, 0.3) is 5.88 Å². The van der Waals surface area contributed by atoms with Gasteiger partial charge in [-0.25, -0.2) is 9.82 Å². The highest BCUT2D eigenvalue weighted by Crippen LogP contribution is 2.25. The molecule has 0 fully saturated rings. The van der Waals surface area contributed by atoms with Crippen molar-refractivity contribution in [3.05, 3.63) is 71.8 Å². The first-order chi connectivity index (χ1) is 12.7. The van der Waals surface area contributed by atoms with E-state index in [0.29, 0.717) is 5.56 Å². The van der Waals surface area contributed by atoms with Crippen LogP contribution in [0.4, 0.5) is 10.3 Å². The van der Waals surface area contributed by atoms with E-state index < -0.39 is 0 Å². The van der Waals surface area contributed by atoms with Crippen LogP contribution in [0, 0.1) is 17.1 Å². The largest absolute Gasteiger partial charge is 0.417 e. The van der Waals surface area contributed by atoms with Gasteiger partial charge in [0.05, 0.1) is 6.21 Å². The molecular weight excluding hydrogens is 333 g/mol. The molecule has 126 valence electrons. The number of benzene rings is 2. The lowest BCUT2D eigenvalue weighted by Crippen LogP contribution is -1.91. The standard InChI is InChI=1S/C19H12FN5O/c20-14-7-5-12(6-8-14)18-24-17(9-21)19(26-18)25-23-11-13-10-22-16-4-2-1-3-15(13)16/h1-8,10-11,22,25H. The summed E-state index contributed by atoms with van der Waals surface area (Å²) in [6, 6.07) is 15.5. The molecular formula is C19H12FN5O. The van der Waals surface area contributed by atoms with Gasteiger partial charge in [-0.15, -0.1) is 0 Å². The van der Waals surface area contributed by atoms with Crippen LogP contribution < -0.4 is 5.43 Å². The molecule has 0 radical (unpaired) electrons. The highest BCUT2D eigenvalue weighted by atomic mass is 19.1. The van der Waals surface area contributed by atoms with Crippen molar-refractivity contribution < 1.29 is 8.81 Å². The molecule has 4 aromatic rings. The predicted octanol–water partition coefficient (Wildman–Crippen LogP) is 4.28. The van der Waals surface area contributed by atoms with E-state index in [9.17, 15) is 9.65 Å². The third-order valence-electron chi connectivity index (χ3n) is 3.82. The molecule has 0 aliphatic heterocycles. The maximum atomic E-state index is 13.0. The van der Waals surface area contributed by atoms with Crippen molar-refractivity contribution in [1.29, 1.82) is 5.26 Å². The van der Waals surface area contributed by atoms with Gasteiger partial charge in [0, 0.05) is 28.2 Å². The van der Waals surface area contributed by atoms with Crippen LogP contribution >= 0.6 is 0 Å². The van der Waals surface area contributed by atoms with Crippen LogP contribution in [0.5, 0.6) is 0 Å². The molecule has 7 heteroatoms. The Balaban J connectivity index is 1.58. The van der Waals surface area contributed by atoms with Crippen LogP contribution in [0.25, 0.3) is 22.4 Å². The third-order valence-corrected chi connectivity index (χ3v) is 3.82. The zero-order valence-corrected chi connectivity index (χ0v) is 13.4. The van der Waals surface area contributed by atoms with Gasteiger partial charge in [0.1, 0.15) is 11.9 Å². The number of halogens is 1. The molecule has 0 atom stereocenters. The molecule has 6 nitrogen and oxygen atoms in total. The molecule has 2 heterocycles. The first-order valence-corrected chi connectivity index (χ1v) is 7.76. The summed E-state index contributed by atoms with van der Waals surface area (Å²) in [4.78, 5) is 7.25. The summed E-state index contributed by atoms with van der Waals surface area (Å²) in [5.74, 6) is -0.0169. The number of fused-ring (bicyclic) bond motifs is 1. The van der Waals surface area contributed by atoms with E-state index in [1.165, 1.54) is 24.3 Å². The Morgan fingerprint density at radius 3 is 2.81 bits per heavy atom. The number of aromatic amines is 1. The number of para-hydroxylation sites is 1. The smallest absolute Gasteiger partial charge is 0.252 e. The summed E-state index contributed by atoms with van der Waals surface area (Å²) in [7, 11) is 0. The summed E-state index contributed by atoms with van der Waals surface area (Å²) in [5, 5.41) is 14.4. The summed E-state index contributed by atoms with van der Waals surface area (Å²) in [6.07, 6.45) is 3.46. The fraction of sp³-hybridized carbons (Fsp3) is 0. The Bertz CT molecular complexity index is 1130. The summed E-state index contributed by atoms with van der Waals surface area (Å²) in [6.45, 7) is 0. The van der Waals surface area contributed by atoms with Gasteiger partial charge in [-0.3, -0.25) is 0 Å². The zero-order chi connectivity index (χ0) is 17.9. The summed E-state index contributed by atoms with van der Waals surface area (Å²) in [5.41, 5.74) is 5.23. The fourth-order valence-corrected chi connectivity index (χ4v) is 2.55. The van der Waals surface area contributed by atoms with Gasteiger partial charge in [-0.05, 0) is 30.3 Å². The van der Waals surface area contributed by atoms with Crippen LogP contribution in [0.2, 0.25) is 0 Å². The molecule has 0 aliphatic carbocycles. The van der Waals surface area contributed by atoms with E-state index in [1.807, 2.05) is 36.5 Å². The fourth-order valence-electron chi connectivity index (χ4n) is 2.55. The highest BCUT2D eigenvalue weighted by Gasteiger charge is 2.14. The minimum absolute atomic E-state index is 0.0698. The van der Waals surface area contributed by atoms with Crippen molar-refractivity contribution in [2.45, 2.75) is 0 Å². The second-order valence-corrected chi connectivity index (χ2v) is 5.48. The van der Waals surface area contributed by atoms with E-state index in [1.54, 1.807) is 6.21 Å². The highest BCUT2D eigenvalue weighted by molar-refractivity contribution is 5.99. The van der Waals surface area contributed by atoms with Crippen LogP contribution in [0.3, 0.4) is 0 Å². The molecule has 26 heavy (non-hydrogen) atoms. The number of hydrazone groups is 1. The van der Waals surface area contributed by atoms with Gasteiger partial charge in [-0.2, -0.15) is 15.3 Å². The van der Waals surface area contributed by atoms with Gasteiger partial charge >= 0.3 is 0 Å². The van der Waals surface area contributed by atoms with Gasteiger partial charge in [0.2, 0.25) is 11.6 Å². The number of oxazole rings is 1. The van der Waals surface area contributed by atoms with Crippen molar-refractivity contribution in [2.24, 2.45) is 5.10 Å². The molecule has 0 amide bonds. The van der Waals surface area contributed by atoms with Crippen molar-refractivity contribution in [1.82, 2.24) is 9.97 Å². The van der Waals surface area contributed by atoms with Crippen molar-refractivity contribution in [3.8, 4) is 17.5 Å². The molecule has 0 saturated heterocycles. The molecule has 2 N–H and O–H groups in total. The first kappa shape index (κ1) is 15.6. The number of H-pyrrole nitrogens is 1. The number of rotatable bonds is 4. The van der Waals surface area contributed by atoms with Crippen molar-refractivity contribution >= 4 is 23.0 Å². The van der Waals surface area contributed by atoms with E-state index in [0.717, 1.165) is 16.5 Å². The Morgan fingerprint density at radius 1 is 1.19 bits per heavy atom. The molecule has 0 saturated carbocycles. The topological polar surface area (TPSA) is 90.0 Å². The molecule has 0 aliphatic rings. The summed E-state index contributed by atoms with van der Waals surface area (Å²) < 4.78 is 18.6. The lowest BCUT2D eigenvalue weighted by atomic mass is 10.2. The van der Waals surface area contributed by atoms with Crippen LogP contribution in [0.1, 0.15) is 11.3 Å². The van der Waals surface area contributed by atoms with E-state index in [4.69, 9.17) is 4.42 Å². The van der Waals surface area contributed by atoms with E-state index in [2.05, 4.69) is 20.5 Å². The van der Waals surface area contributed by atoms with Crippen LogP contribution in [-0.2, 0) is 0 Å². The van der Waals surface area contributed by atoms with E-state index in [-0.39, 0.29) is 23.3 Å². The second kappa shape index (κ2) is 6.53. The Hall–Kier alpha value is -3.92. The lowest BCUT2D eigenvalue weighted by molar-refractivity contribution is 0.586. The number of nitrogens with zero attached hydrogens (tertiary/aromatic N) is 3. The maximum absolute atomic E-state index is 13.0.